The fourth-order valence-corrected chi connectivity index (χ4v) is 7.46. The van der Waals surface area contributed by atoms with Gasteiger partial charge >= 0.3 is 12.0 Å². The number of amides is 3. The maximum Gasteiger partial charge on any atom is 0.327 e. The first-order valence-electron chi connectivity index (χ1n) is 18.3. The van der Waals surface area contributed by atoms with Crippen molar-refractivity contribution < 1.29 is 31.6 Å². The molecule has 2 N–H and O–H groups in total. The Labute approximate surface area is 316 Å². The van der Waals surface area contributed by atoms with Crippen LogP contribution in [-0.4, -0.2) is 107 Å². The number of nitrogens with one attached hydrogen (secondary N) is 2. The molecular weight excluding hydrogens is 740 g/mol. The zero-order valence-electron chi connectivity index (χ0n) is 30.6. The molecule has 294 valence electrons. The maximum atomic E-state index is 16.0. The molecule has 5 aromatic rings. The van der Waals surface area contributed by atoms with Crippen molar-refractivity contribution in [3.05, 3.63) is 68.5 Å². The number of fused-ring (bicyclic) bond motifs is 2. The van der Waals surface area contributed by atoms with Crippen LogP contribution >= 0.6 is 0 Å². The topological polar surface area (TPSA) is 154 Å². The summed E-state index contributed by atoms with van der Waals surface area (Å²) >= 11 is 0. The van der Waals surface area contributed by atoms with Gasteiger partial charge in [-0.1, -0.05) is 5.10 Å². The predicted molar refractivity (Wildman–Crippen MR) is 201 cm³/mol. The summed E-state index contributed by atoms with van der Waals surface area (Å²) < 4.78 is 69.3. The first-order chi connectivity index (χ1) is 26.9. The SMILES string of the molecule is CC(=O)N1CCN(c2cc3c(cc2F)c(=O)c(NC(=O)Nc2nnc(-c4cn(CCF)c5c(F)c(N6CCN(C)CC6)c(F)cc5c4=O)o2)cn3C2CC2)CC1. The van der Waals surface area contributed by atoms with Crippen LogP contribution in [0.1, 0.15) is 25.8 Å². The molecule has 3 aliphatic rings. The van der Waals surface area contributed by atoms with Gasteiger partial charge < -0.3 is 38.5 Å². The van der Waals surface area contributed by atoms with Crippen molar-refractivity contribution >= 4 is 56.8 Å². The van der Waals surface area contributed by atoms with Crippen molar-refractivity contribution in [2.45, 2.75) is 32.4 Å². The van der Waals surface area contributed by atoms with Crippen LogP contribution in [0.3, 0.4) is 0 Å². The largest absolute Gasteiger partial charge is 0.403 e. The highest BCUT2D eigenvalue weighted by Crippen LogP contribution is 2.39. The molecule has 0 atom stereocenters. The summed E-state index contributed by atoms with van der Waals surface area (Å²) in [7, 11) is 1.90. The number of likely N-dealkylation sites (N-methyl/N-ethyl adjacent to an activating group) is 1. The van der Waals surface area contributed by atoms with Crippen LogP contribution in [0.15, 0.2) is 44.6 Å². The Kier molecular flexibility index (Phi) is 9.63. The van der Waals surface area contributed by atoms with Gasteiger partial charge in [0.25, 0.3) is 5.89 Å². The Hall–Kier alpha value is -5.98. The van der Waals surface area contributed by atoms with Gasteiger partial charge in [0.2, 0.25) is 16.8 Å². The highest BCUT2D eigenvalue weighted by Gasteiger charge is 2.30. The normalized spacial score (nSPS) is 16.6. The van der Waals surface area contributed by atoms with E-state index in [1.54, 1.807) is 15.9 Å². The summed E-state index contributed by atoms with van der Waals surface area (Å²) in [5, 5.41) is 12.1. The minimum atomic E-state index is -0.993. The summed E-state index contributed by atoms with van der Waals surface area (Å²) in [6.07, 6.45) is 4.27. The molecule has 19 heteroatoms. The Morgan fingerprint density at radius 1 is 0.857 bits per heavy atom. The molecule has 2 saturated heterocycles. The zero-order chi connectivity index (χ0) is 39.4. The summed E-state index contributed by atoms with van der Waals surface area (Å²) in [6, 6.07) is 2.27. The van der Waals surface area contributed by atoms with Crippen LogP contribution in [-0.2, 0) is 11.3 Å². The van der Waals surface area contributed by atoms with E-state index in [2.05, 4.69) is 20.8 Å². The van der Waals surface area contributed by atoms with Crippen molar-refractivity contribution in [2.75, 3.05) is 86.5 Å². The fourth-order valence-electron chi connectivity index (χ4n) is 7.46. The third-order valence-corrected chi connectivity index (χ3v) is 10.6. The smallest absolute Gasteiger partial charge is 0.327 e. The molecule has 3 fully saturated rings. The van der Waals surface area contributed by atoms with E-state index in [-0.39, 0.29) is 51.7 Å². The maximum absolute atomic E-state index is 16.0. The van der Waals surface area contributed by atoms with Crippen molar-refractivity contribution in [2.24, 2.45) is 0 Å². The van der Waals surface area contributed by atoms with Crippen LogP contribution in [0.5, 0.6) is 0 Å². The van der Waals surface area contributed by atoms with Crippen molar-refractivity contribution in [1.82, 2.24) is 29.1 Å². The third-order valence-electron chi connectivity index (χ3n) is 10.6. The minimum absolute atomic E-state index is 0.0248. The van der Waals surface area contributed by atoms with E-state index < -0.39 is 52.9 Å². The molecule has 15 nitrogen and oxygen atoms in total. The molecule has 3 aromatic heterocycles. The molecular formula is C37H38F4N10O5. The molecule has 3 amide bonds. The van der Waals surface area contributed by atoms with Gasteiger partial charge in [0.15, 0.2) is 5.82 Å². The van der Waals surface area contributed by atoms with Crippen LogP contribution in [0.25, 0.3) is 33.3 Å². The number of aryl methyl sites for hydroxylation is 1. The summed E-state index contributed by atoms with van der Waals surface area (Å²) in [6.45, 7) is 3.78. The number of carbonyl (C=O) groups is 2. The lowest BCUT2D eigenvalue weighted by Gasteiger charge is -2.36. The molecule has 0 spiro atoms. The van der Waals surface area contributed by atoms with Crippen LogP contribution in [0.2, 0.25) is 0 Å². The minimum Gasteiger partial charge on any atom is -0.403 e. The third kappa shape index (κ3) is 6.79. The first-order valence-corrected chi connectivity index (χ1v) is 18.3. The summed E-state index contributed by atoms with van der Waals surface area (Å²) in [5.74, 6) is -3.03. The number of anilines is 4. The van der Waals surface area contributed by atoms with Crippen molar-refractivity contribution in [3.63, 3.8) is 0 Å². The predicted octanol–water partition coefficient (Wildman–Crippen LogP) is 4.15. The number of halogens is 4. The summed E-state index contributed by atoms with van der Waals surface area (Å²) in [4.78, 5) is 59.3. The second-order valence-electron chi connectivity index (χ2n) is 14.3. The van der Waals surface area contributed by atoms with E-state index in [9.17, 15) is 23.6 Å². The molecule has 8 rings (SSSR count). The zero-order valence-corrected chi connectivity index (χ0v) is 30.6. The second-order valence-corrected chi connectivity index (χ2v) is 14.3. The number of aromatic nitrogens is 4. The molecule has 2 aromatic carbocycles. The van der Waals surface area contributed by atoms with Crippen LogP contribution in [0, 0.1) is 17.5 Å². The van der Waals surface area contributed by atoms with Crippen LogP contribution in [0.4, 0.5) is 45.4 Å². The highest BCUT2D eigenvalue weighted by molar-refractivity contribution is 6.00. The number of pyridine rings is 2. The van der Waals surface area contributed by atoms with Gasteiger partial charge in [-0.2, -0.15) is 0 Å². The van der Waals surface area contributed by atoms with Gasteiger partial charge in [0.05, 0.1) is 34.0 Å². The molecule has 56 heavy (non-hydrogen) atoms. The Morgan fingerprint density at radius 3 is 2.23 bits per heavy atom. The second kappa shape index (κ2) is 14.6. The average Bonchev–Trinajstić information content (AvgIpc) is 3.92. The first kappa shape index (κ1) is 37.0. The number of nitrogens with zero attached hydrogens (tertiary/aromatic N) is 8. The van der Waals surface area contributed by atoms with E-state index in [1.165, 1.54) is 13.1 Å². The number of hydrogen-bond donors (Lipinski definition) is 2. The van der Waals surface area contributed by atoms with E-state index in [0.29, 0.717) is 63.6 Å². The molecule has 0 radical (unpaired) electrons. The Morgan fingerprint density at radius 2 is 1.55 bits per heavy atom. The van der Waals surface area contributed by atoms with Gasteiger partial charge in [0, 0.05) is 77.7 Å². The number of rotatable bonds is 8. The lowest BCUT2D eigenvalue weighted by Crippen LogP contribution is -2.48. The monoisotopic (exact) mass is 778 g/mol. The molecule has 5 heterocycles. The number of carbonyl (C=O) groups excluding carboxylic acids is 2. The molecule has 0 unspecified atom stereocenters. The van der Waals surface area contributed by atoms with Crippen molar-refractivity contribution in [1.29, 1.82) is 0 Å². The van der Waals surface area contributed by atoms with Gasteiger partial charge in [-0.15, -0.1) is 5.10 Å². The molecule has 0 bridgehead atoms. The van der Waals surface area contributed by atoms with Gasteiger partial charge in [-0.25, -0.2) is 22.4 Å². The van der Waals surface area contributed by atoms with Gasteiger partial charge in [0.1, 0.15) is 35.2 Å². The van der Waals surface area contributed by atoms with E-state index in [4.69, 9.17) is 4.42 Å². The quantitative estimate of drug-likeness (QED) is 0.220. The standard InChI is InChI=1S/C37H38F4N10O5/c1-20(52)47-11-13-48(14-12-47)29-17-28-22(15-25(29)39)34(54)27(19-51(28)21-3-4-21)42-36(55)43-37-45-44-35(56-37)24-18-50(6-5-38)31-23(33(24)53)16-26(40)32(30(31)41)49-9-7-46(2)8-10-49/h15-19,21H,3-14H2,1-2H3,(H2,42,43,45,55). The number of hydrogen-bond acceptors (Lipinski definition) is 10. The molecule has 1 aliphatic carbocycles. The summed E-state index contributed by atoms with van der Waals surface area (Å²) in [5.41, 5.74) is -1.69. The molecule has 2 aliphatic heterocycles. The lowest BCUT2D eigenvalue weighted by atomic mass is 10.1. The fraction of sp³-hybridized carbons (Fsp3) is 0.405. The van der Waals surface area contributed by atoms with E-state index in [0.717, 1.165) is 35.7 Å². The number of benzene rings is 2. The van der Waals surface area contributed by atoms with Gasteiger partial charge in [-0.3, -0.25) is 19.7 Å². The number of alkyl halides is 1. The lowest BCUT2D eigenvalue weighted by molar-refractivity contribution is -0.129. The van der Waals surface area contributed by atoms with Crippen molar-refractivity contribution in [3.8, 4) is 11.5 Å². The van der Waals surface area contributed by atoms with E-state index >= 15 is 13.2 Å². The number of urea groups is 1. The molecule has 1 saturated carbocycles. The van der Waals surface area contributed by atoms with Gasteiger partial charge in [-0.05, 0) is 38.1 Å². The average molecular weight is 779 g/mol. The van der Waals surface area contributed by atoms with Crippen LogP contribution < -0.4 is 31.3 Å². The van der Waals surface area contributed by atoms with E-state index in [1.807, 2.05) is 21.4 Å². The number of piperazine rings is 2. The Balaban J connectivity index is 1.05. The highest BCUT2D eigenvalue weighted by atomic mass is 19.1. The Bertz CT molecular complexity index is 2500.